The molecule has 6 heteroatoms. The highest BCUT2D eigenvalue weighted by Crippen LogP contribution is 2.10. The van der Waals surface area contributed by atoms with Crippen molar-refractivity contribution >= 4 is 15.9 Å². The summed E-state index contributed by atoms with van der Waals surface area (Å²) in [6.45, 7) is 7.37. The van der Waals surface area contributed by atoms with Gasteiger partial charge in [0.25, 0.3) is 0 Å². The van der Waals surface area contributed by atoms with Gasteiger partial charge in [-0.1, -0.05) is 13.3 Å². The molecule has 0 aromatic heterocycles. The maximum Gasteiger partial charge on any atom is 0.317 e. The van der Waals surface area contributed by atoms with Crippen molar-refractivity contribution in [3.05, 3.63) is 0 Å². The van der Waals surface area contributed by atoms with Gasteiger partial charge in [-0.25, -0.2) is 13.2 Å². The Kier molecular flexibility index (Phi) is 6.67. The van der Waals surface area contributed by atoms with E-state index in [9.17, 15) is 13.2 Å². The Balaban J connectivity index is 4.55. The van der Waals surface area contributed by atoms with Crippen molar-refractivity contribution in [1.29, 1.82) is 0 Å². The normalized spacial score (nSPS) is 16.8. The molecule has 0 aliphatic rings. The molecule has 0 aromatic carbocycles. The lowest BCUT2D eigenvalue weighted by Crippen LogP contribution is -2.50. The predicted molar refractivity (Wildman–Crippen MR) is 74.4 cm³/mol. The van der Waals surface area contributed by atoms with Gasteiger partial charge in [0.1, 0.15) is 0 Å². The molecule has 0 heterocycles. The Bertz CT molecular complexity index is 368. The summed E-state index contributed by atoms with van der Waals surface area (Å²) >= 11 is 0. The van der Waals surface area contributed by atoms with Gasteiger partial charge in [-0.05, 0) is 27.2 Å². The van der Waals surface area contributed by atoms with Crippen LogP contribution in [0.1, 0.15) is 40.5 Å². The van der Waals surface area contributed by atoms with Crippen LogP contribution in [0.15, 0.2) is 0 Å². The van der Waals surface area contributed by atoms with E-state index in [0.29, 0.717) is 0 Å². The fourth-order valence-corrected chi connectivity index (χ4v) is 2.57. The van der Waals surface area contributed by atoms with E-state index in [-0.39, 0.29) is 18.1 Å². The molecule has 0 aromatic rings. The summed E-state index contributed by atoms with van der Waals surface area (Å²) in [5.41, 5.74) is 0. The van der Waals surface area contributed by atoms with Gasteiger partial charge in [0.15, 0.2) is 9.84 Å². The van der Waals surface area contributed by atoms with Crippen LogP contribution in [0.25, 0.3) is 0 Å². The maximum atomic E-state index is 11.9. The number of hydrogen-bond donors (Lipinski definition) is 1. The van der Waals surface area contributed by atoms with Gasteiger partial charge in [0.05, 0.1) is 5.25 Å². The smallest absolute Gasteiger partial charge is 0.317 e. The highest BCUT2D eigenvalue weighted by atomic mass is 32.2. The van der Waals surface area contributed by atoms with Crippen molar-refractivity contribution in [2.75, 3.05) is 13.3 Å². The number of carbonyl (C=O) groups excluding carboxylic acids is 1. The number of carbonyl (C=O) groups is 1. The molecule has 0 bridgehead atoms. The van der Waals surface area contributed by atoms with E-state index >= 15 is 0 Å². The molecule has 2 amide bonds. The number of hydrogen-bond acceptors (Lipinski definition) is 3. The molecule has 0 saturated carbocycles. The quantitative estimate of drug-likeness (QED) is 0.803. The molecular weight excluding hydrogens is 252 g/mol. The first-order valence-electron chi connectivity index (χ1n) is 6.33. The Labute approximate surface area is 111 Å². The molecule has 0 unspecified atom stereocenters. The molecule has 0 fully saturated rings. The van der Waals surface area contributed by atoms with Crippen LogP contribution in [-0.4, -0.2) is 50.0 Å². The number of amides is 2. The topological polar surface area (TPSA) is 66.5 Å². The van der Waals surface area contributed by atoms with Crippen molar-refractivity contribution in [2.24, 2.45) is 0 Å². The molecule has 5 nitrogen and oxygen atoms in total. The maximum absolute atomic E-state index is 11.9. The van der Waals surface area contributed by atoms with E-state index in [2.05, 4.69) is 12.2 Å². The van der Waals surface area contributed by atoms with Gasteiger partial charge in [-0.2, -0.15) is 0 Å². The molecule has 18 heavy (non-hydrogen) atoms. The third-order valence-corrected chi connectivity index (χ3v) is 5.12. The minimum atomic E-state index is -3.14. The third-order valence-electron chi connectivity index (χ3n) is 3.38. The van der Waals surface area contributed by atoms with Crippen LogP contribution in [0.2, 0.25) is 0 Å². The lowest BCUT2D eigenvalue weighted by atomic mass is 10.2. The lowest BCUT2D eigenvalue weighted by molar-refractivity contribution is 0.189. The van der Waals surface area contributed by atoms with E-state index in [1.165, 1.54) is 11.2 Å². The molecule has 1 N–H and O–H groups in total. The Morgan fingerprint density at radius 1 is 1.28 bits per heavy atom. The van der Waals surface area contributed by atoms with Gasteiger partial charge in [-0.3, -0.25) is 0 Å². The predicted octanol–water partition coefficient (Wildman–Crippen LogP) is 1.64. The van der Waals surface area contributed by atoms with Crippen molar-refractivity contribution in [1.82, 2.24) is 10.2 Å². The monoisotopic (exact) mass is 278 g/mol. The fourth-order valence-electron chi connectivity index (χ4n) is 1.68. The molecule has 0 radical (unpaired) electrons. The van der Waals surface area contributed by atoms with E-state index in [0.717, 1.165) is 12.8 Å². The number of sulfone groups is 1. The highest BCUT2D eigenvalue weighted by molar-refractivity contribution is 7.91. The van der Waals surface area contributed by atoms with Crippen molar-refractivity contribution in [3.63, 3.8) is 0 Å². The summed E-state index contributed by atoms with van der Waals surface area (Å²) in [4.78, 5) is 13.4. The SMILES string of the molecule is CCC[C@H](C)NC(=O)N(C)[C@H](C)[C@@H](C)S(C)(=O)=O. The van der Waals surface area contributed by atoms with Crippen molar-refractivity contribution in [2.45, 2.75) is 57.9 Å². The van der Waals surface area contributed by atoms with Crippen LogP contribution in [0, 0.1) is 0 Å². The first-order chi connectivity index (χ1) is 8.11. The molecule has 0 spiro atoms. The van der Waals surface area contributed by atoms with Gasteiger partial charge < -0.3 is 10.2 Å². The number of nitrogens with zero attached hydrogens (tertiary/aromatic N) is 1. The number of nitrogens with one attached hydrogen (secondary N) is 1. The summed E-state index contributed by atoms with van der Waals surface area (Å²) in [6, 6.07) is -0.474. The second kappa shape index (κ2) is 6.97. The van der Waals surface area contributed by atoms with Crippen LogP contribution in [0.5, 0.6) is 0 Å². The van der Waals surface area contributed by atoms with Crippen LogP contribution in [0.3, 0.4) is 0 Å². The average Bonchev–Trinajstić information content (AvgIpc) is 2.24. The molecule has 0 aliphatic heterocycles. The van der Waals surface area contributed by atoms with Crippen LogP contribution >= 0.6 is 0 Å². The average molecular weight is 278 g/mol. The van der Waals surface area contributed by atoms with Crippen LogP contribution < -0.4 is 5.32 Å². The second-order valence-electron chi connectivity index (χ2n) is 5.03. The largest absolute Gasteiger partial charge is 0.336 e. The van der Waals surface area contributed by atoms with Gasteiger partial charge in [0, 0.05) is 25.4 Å². The highest BCUT2D eigenvalue weighted by Gasteiger charge is 2.28. The zero-order valence-corrected chi connectivity index (χ0v) is 13.0. The Morgan fingerprint density at radius 2 is 1.78 bits per heavy atom. The first kappa shape index (κ1) is 17.2. The second-order valence-corrected chi connectivity index (χ2v) is 7.43. The third kappa shape index (κ3) is 5.25. The first-order valence-corrected chi connectivity index (χ1v) is 8.28. The molecule has 108 valence electrons. The molecular formula is C12H26N2O3S. The summed E-state index contributed by atoms with van der Waals surface area (Å²) in [5.74, 6) is 0. The standard InChI is InChI=1S/C12H26N2O3S/c1-7-8-9(2)13-12(15)14(5)10(3)11(4)18(6,16)17/h9-11H,7-8H2,1-6H3,(H,13,15)/t9-,10+,11+/m0/s1. The van der Waals surface area contributed by atoms with Gasteiger partial charge in [-0.15, -0.1) is 0 Å². The fraction of sp³-hybridized carbons (Fsp3) is 0.917. The van der Waals surface area contributed by atoms with Crippen molar-refractivity contribution < 1.29 is 13.2 Å². The lowest BCUT2D eigenvalue weighted by Gasteiger charge is -2.30. The van der Waals surface area contributed by atoms with E-state index in [1.807, 2.05) is 6.92 Å². The number of rotatable bonds is 6. The van der Waals surface area contributed by atoms with E-state index < -0.39 is 15.1 Å². The Hall–Kier alpha value is -0.780. The van der Waals surface area contributed by atoms with E-state index in [4.69, 9.17) is 0 Å². The number of urea groups is 1. The minimum Gasteiger partial charge on any atom is -0.336 e. The van der Waals surface area contributed by atoms with Crippen molar-refractivity contribution in [3.8, 4) is 0 Å². The zero-order valence-electron chi connectivity index (χ0n) is 12.2. The minimum absolute atomic E-state index is 0.102. The Morgan fingerprint density at radius 3 is 2.17 bits per heavy atom. The summed E-state index contributed by atoms with van der Waals surface area (Å²) in [5, 5.41) is 2.29. The van der Waals surface area contributed by atoms with Gasteiger partial charge >= 0.3 is 6.03 Å². The summed E-state index contributed by atoms with van der Waals surface area (Å²) in [7, 11) is -1.52. The van der Waals surface area contributed by atoms with Crippen LogP contribution in [-0.2, 0) is 9.84 Å². The van der Waals surface area contributed by atoms with Gasteiger partial charge in [0.2, 0.25) is 0 Å². The van der Waals surface area contributed by atoms with E-state index in [1.54, 1.807) is 20.9 Å². The molecule has 0 saturated heterocycles. The summed E-state index contributed by atoms with van der Waals surface area (Å²) < 4.78 is 22.9. The zero-order chi connectivity index (χ0) is 14.5. The molecule has 3 atom stereocenters. The molecule has 0 rings (SSSR count). The summed E-state index contributed by atoms with van der Waals surface area (Å²) in [6.07, 6.45) is 3.11. The molecule has 0 aliphatic carbocycles. The van der Waals surface area contributed by atoms with Crippen LogP contribution in [0.4, 0.5) is 4.79 Å².